The third-order valence-electron chi connectivity index (χ3n) is 3.51. The molecule has 1 aromatic heterocycles. The van der Waals surface area contributed by atoms with Crippen LogP contribution in [0, 0.1) is 24.1 Å². The highest BCUT2D eigenvalue weighted by Gasteiger charge is 2.04. The van der Waals surface area contributed by atoms with Crippen molar-refractivity contribution in [1.29, 1.82) is 5.26 Å². The van der Waals surface area contributed by atoms with Crippen molar-refractivity contribution >= 4 is 17.5 Å². The van der Waals surface area contributed by atoms with Crippen LogP contribution in [0.25, 0.3) is 0 Å². The molecule has 0 atom stereocenters. The van der Waals surface area contributed by atoms with Gasteiger partial charge in [0.1, 0.15) is 11.6 Å². The maximum Gasteiger partial charge on any atom is 0.229 e. The number of hydrogen-bond donors (Lipinski definition) is 2. The summed E-state index contributed by atoms with van der Waals surface area (Å²) in [7, 11) is 0. The highest BCUT2D eigenvalue weighted by molar-refractivity contribution is 5.56. The van der Waals surface area contributed by atoms with E-state index in [0.29, 0.717) is 23.9 Å². The van der Waals surface area contributed by atoms with Crippen LogP contribution in [0.2, 0.25) is 0 Å². The van der Waals surface area contributed by atoms with Crippen LogP contribution < -0.4 is 10.6 Å². The minimum absolute atomic E-state index is 0.254. The topological polar surface area (TPSA) is 73.6 Å². The second-order valence-electron chi connectivity index (χ2n) is 5.51. The third-order valence-corrected chi connectivity index (χ3v) is 3.51. The van der Waals surface area contributed by atoms with Crippen molar-refractivity contribution in [3.8, 4) is 6.07 Å². The highest BCUT2D eigenvalue weighted by Crippen LogP contribution is 2.17. The van der Waals surface area contributed by atoms with Crippen LogP contribution in [0.4, 0.5) is 21.8 Å². The van der Waals surface area contributed by atoms with Crippen molar-refractivity contribution in [2.75, 3.05) is 10.6 Å². The van der Waals surface area contributed by atoms with Crippen molar-refractivity contribution < 1.29 is 4.39 Å². The smallest absolute Gasteiger partial charge is 0.229 e. The standard InChI is InChI=1S/C19H16FN5/c1-13-10-18(22-12-15-2-6-16(20)7-3-15)25-19(23-13)24-17-8-4-14(11-21)5-9-17/h2-10H,12H2,1H3,(H2,22,23,24,25). The molecule has 3 rings (SSSR count). The summed E-state index contributed by atoms with van der Waals surface area (Å²) >= 11 is 0. The number of halogens is 1. The van der Waals surface area contributed by atoms with Gasteiger partial charge in [0.15, 0.2) is 0 Å². The fourth-order valence-corrected chi connectivity index (χ4v) is 2.27. The molecule has 0 saturated carbocycles. The van der Waals surface area contributed by atoms with Gasteiger partial charge in [-0.1, -0.05) is 12.1 Å². The average molecular weight is 333 g/mol. The molecule has 0 radical (unpaired) electrons. The number of aryl methyl sites for hydroxylation is 1. The highest BCUT2D eigenvalue weighted by atomic mass is 19.1. The molecular formula is C19H16FN5. The van der Waals surface area contributed by atoms with Gasteiger partial charge >= 0.3 is 0 Å². The summed E-state index contributed by atoms with van der Waals surface area (Å²) in [5.41, 5.74) is 3.17. The van der Waals surface area contributed by atoms with Gasteiger partial charge in [-0.3, -0.25) is 0 Å². The Morgan fingerprint density at radius 3 is 2.44 bits per heavy atom. The Balaban J connectivity index is 1.71. The molecule has 1 heterocycles. The first-order valence-corrected chi connectivity index (χ1v) is 7.73. The summed E-state index contributed by atoms with van der Waals surface area (Å²) in [6.07, 6.45) is 0. The van der Waals surface area contributed by atoms with Crippen LogP contribution in [0.1, 0.15) is 16.8 Å². The van der Waals surface area contributed by atoms with Crippen LogP contribution in [0.5, 0.6) is 0 Å². The summed E-state index contributed by atoms with van der Waals surface area (Å²) in [5.74, 6) is 0.884. The number of nitrogens with one attached hydrogen (secondary N) is 2. The summed E-state index contributed by atoms with van der Waals surface area (Å²) in [6, 6.07) is 17.3. The summed E-state index contributed by atoms with van der Waals surface area (Å²) in [5, 5.41) is 15.2. The number of rotatable bonds is 5. The van der Waals surface area contributed by atoms with E-state index in [1.165, 1.54) is 12.1 Å². The molecule has 25 heavy (non-hydrogen) atoms. The molecule has 124 valence electrons. The first kappa shape index (κ1) is 16.4. The summed E-state index contributed by atoms with van der Waals surface area (Å²) < 4.78 is 12.9. The number of aromatic nitrogens is 2. The third kappa shape index (κ3) is 4.52. The van der Waals surface area contributed by atoms with E-state index in [2.05, 4.69) is 26.7 Å². The van der Waals surface area contributed by atoms with Gasteiger partial charge in [-0.05, 0) is 48.9 Å². The lowest BCUT2D eigenvalue weighted by molar-refractivity contribution is 0.627. The van der Waals surface area contributed by atoms with Gasteiger partial charge in [0, 0.05) is 24.0 Å². The largest absolute Gasteiger partial charge is 0.366 e. The molecule has 0 unspecified atom stereocenters. The first-order chi connectivity index (χ1) is 12.1. The van der Waals surface area contributed by atoms with Crippen molar-refractivity contribution in [3.05, 3.63) is 77.2 Å². The Morgan fingerprint density at radius 1 is 1.04 bits per heavy atom. The van der Waals surface area contributed by atoms with Crippen LogP contribution in [-0.2, 0) is 6.54 Å². The summed E-state index contributed by atoms with van der Waals surface area (Å²) in [6.45, 7) is 2.42. The molecular weight excluding hydrogens is 317 g/mol. The van der Waals surface area contributed by atoms with E-state index < -0.39 is 0 Å². The number of nitriles is 1. The zero-order valence-corrected chi connectivity index (χ0v) is 13.6. The van der Waals surface area contributed by atoms with Gasteiger partial charge in [-0.15, -0.1) is 0 Å². The van der Waals surface area contributed by atoms with Crippen LogP contribution in [0.15, 0.2) is 54.6 Å². The molecule has 0 aliphatic rings. The Bertz CT molecular complexity index is 899. The van der Waals surface area contributed by atoms with Gasteiger partial charge in [-0.2, -0.15) is 10.2 Å². The fourth-order valence-electron chi connectivity index (χ4n) is 2.27. The number of benzene rings is 2. The molecule has 5 nitrogen and oxygen atoms in total. The van der Waals surface area contributed by atoms with Gasteiger partial charge in [0.05, 0.1) is 11.6 Å². The van der Waals surface area contributed by atoms with E-state index in [4.69, 9.17) is 5.26 Å². The van der Waals surface area contributed by atoms with Crippen LogP contribution in [-0.4, -0.2) is 9.97 Å². The Kier molecular flexibility index (Phi) is 4.86. The van der Waals surface area contributed by atoms with Gasteiger partial charge < -0.3 is 10.6 Å². The minimum atomic E-state index is -0.254. The Hall–Kier alpha value is -3.46. The molecule has 0 bridgehead atoms. The SMILES string of the molecule is Cc1cc(NCc2ccc(F)cc2)nc(Nc2ccc(C#N)cc2)n1. The predicted octanol–water partition coefficient (Wildman–Crippen LogP) is 4.15. The van der Waals surface area contributed by atoms with E-state index in [1.54, 1.807) is 36.4 Å². The number of nitrogens with zero attached hydrogens (tertiary/aromatic N) is 3. The average Bonchev–Trinajstić information content (AvgIpc) is 2.61. The molecule has 3 aromatic rings. The summed E-state index contributed by atoms with van der Waals surface area (Å²) in [4.78, 5) is 8.79. The van der Waals surface area contributed by atoms with Gasteiger partial charge in [-0.25, -0.2) is 9.37 Å². The minimum Gasteiger partial charge on any atom is -0.366 e. The second kappa shape index (κ2) is 7.41. The van der Waals surface area contributed by atoms with E-state index in [0.717, 1.165) is 16.9 Å². The molecule has 0 saturated heterocycles. The lowest BCUT2D eigenvalue weighted by Crippen LogP contribution is -2.05. The molecule has 6 heteroatoms. The van der Waals surface area contributed by atoms with Crippen LogP contribution >= 0.6 is 0 Å². The molecule has 2 N–H and O–H groups in total. The molecule has 0 aliphatic carbocycles. The fraction of sp³-hybridized carbons (Fsp3) is 0.105. The Labute approximate surface area is 145 Å². The van der Waals surface area contributed by atoms with Gasteiger partial charge in [0.2, 0.25) is 5.95 Å². The Morgan fingerprint density at radius 2 is 1.76 bits per heavy atom. The molecule has 0 fully saturated rings. The van der Waals surface area contributed by atoms with E-state index in [-0.39, 0.29) is 5.82 Å². The number of anilines is 3. The predicted molar refractivity (Wildman–Crippen MR) is 94.9 cm³/mol. The van der Waals surface area contributed by atoms with Crippen molar-refractivity contribution in [2.45, 2.75) is 13.5 Å². The van der Waals surface area contributed by atoms with Crippen LogP contribution in [0.3, 0.4) is 0 Å². The second-order valence-corrected chi connectivity index (χ2v) is 5.51. The van der Waals surface area contributed by atoms with E-state index in [1.807, 2.05) is 13.0 Å². The molecule has 0 aliphatic heterocycles. The zero-order chi connectivity index (χ0) is 17.6. The van der Waals surface area contributed by atoms with E-state index >= 15 is 0 Å². The maximum absolute atomic E-state index is 12.9. The van der Waals surface area contributed by atoms with Gasteiger partial charge in [0.25, 0.3) is 0 Å². The lowest BCUT2D eigenvalue weighted by atomic mass is 10.2. The molecule has 2 aromatic carbocycles. The molecule has 0 spiro atoms. The molecule has 0 amide bonds. The first-order valence-electron chi connectivity index (χ1n) is 7.73. The normalized spacial score (nSPS) is 10.1. The number of hydrogen-bond acceptors (Lipinski definition) is 5. The maximum atomic E-state index is 12.9. The zero-order valence-electron chi connectivity index (χ0n) is 13.6. The van der Waals surface area contributed by atoms with Crippen molar-refractivity contribution in [2.24, 2.45) is 0 Å². The van der Waals surface area contributed by atoms with Crippen molar-refractivity contribution in [3.63, 3.8) is 0 Å². The monoisotopic (exact) mass is 333 g/mol. The quantitative estimate of drug-likeness (QED) is 0.734. The van der Waals surface area contributed by atoms with Crippen molar-refractivity contribution in [1.82, 2.24) is 9.97 Å². The van der Waals surface area contributed by atoms with E-state index in [9.17, 15) is 4.39 Å². The lowest BCUT2D eigenvalue weighted by Gasteiger charge is -2.10.